The SMILES string of the molecule is CC1CCOc2cc(S(=O)(=O)N(C(=O)OC(C)(C)C)c3cscn3)c(F)cc21. The molecule has 0 saturated carbocycles. The first-order valence-electron chi connectivity index (χ1n) is 8.63. The smallest absolute Gasteiger partial charge is 0.430 e. The van der Waals surface area contributed by atoms with Gasteiger partial charge in [0, 0.05) is 17.0 Å². The quantitative estimate of drug-likeness (QED) is 0.725. The highest BCUT2D eigenvalue weighted by Crippen LogP contribution is 2.38. The molecule has 152 valence electrons. The summed E-state index contributed by atoms with van der Waals surface area (Å²) in [5.74, 6) is -0.790. The maximum absolute atomic E-state index is 14.8. The van der Waals surface area contributed by atoms with E-state index in [1.165, 1.54) is 10.9 Å². The molecule has 28 heavy (non-hydrogen) atoms. The van der Waals surface area contributed by atoms with Crippen LogP contribution in [0.15, 0.2) is 27.9 Å². The topological polar surface area (TPSA) is 85.8 Å². The third kappa shape index (κ3) is 3.97. The van der Waals surface area contributed by atoms with Gasteiger partial charge in [-0.2, -0.15) is 0 Å². The van der Waals surface area contributed by atoms with E-state index in [0.29, 0.717) is 28.6 Å². The van der Waals surface area contributed by atoms with Crippen molar-refractivity contribution in [3.05, 3.63) is 34.4 Å². The number of benzene rings is 1. The number of thiazole rings is 1. The summed E-state index contributed by atoms with van der Waals surface area (Å²) in [4.78, 5) is 15.9. The van der Waals surface area contributed by atoms with Gasteiger partial charge < -0.3 is 9.47 Å². The molecule has 2 heterocycles. The standard InChI is InChI=1S/C18H21FN2O5S2/c1-11-5-6-25-14-8-15(13(19)7-12(11)14)28(23,24)21(16-9-27-10-20-16)17(22)26-18(2,3)4/h7-11H,5-6H2,1-4H3. The minimum absolute atomic E-state index is 0.0375. The van der Waals surface area contributed by atoms with E-state index in [4.69, 9.17) is 9.47 Å². The number of amides is 1. The maximum Gasteiger partial charge on any atom is 0.430 e. The van der Waals surface area contributed by atoms with Gasteiger partial charge in [-0.15, -0.1) is 15.6 Å². The fourth-order valence-corrected chi connectivity index (χ4v) is 4.70. The van der Waals surface area contributed by atoms with Crippen LogP contribution in [-0.4, -0.2) is 31.7 Å². The van der Waals surface area contributed by atoms with Gasteiger partial charge >= 0.3 is 6.09 Å². The van der Waals surface area contributed by atoms with Gasteiger partial charge in [-0.1, -0.05) is 6.92 Å². The maximum atomic E-state index is 14.8. The van der Waals surface area contributed by atoms with Crippen LogP contribution in [0.2, 0.25) is 0 Å². The fraction of sp³-hybridized carbons (Fsp3) is 0.444. The molecule has 2 aromatic rings. The minimum atomic E-state index is -4.63. The van der Waals surface area contributed by atoms with Gasteiger partial charge in [0.25, 0.3) is 10.0 Å². The van der Waals surface area contributed by atoms with Crippen LogP contribution in [0.1, 0.15) is 45.6 Å². The Morgan fingerprint density at radius 3 is 2.71 bits per heavy atom. The number of halogens is 1. The van der Waals surface area contributed by atoms with Crippen LogP contribution in [-0.2, 0) is 14.8 Å². The molecule has 0 spiro atoms. The van der Waals surface area contributed by atoms with Crippen LogP contribution in [0.3, 0.4) is 0 Å². The van der Waals surface area contributed by atoms with E-state index in [9.17, 15) is 17.6 Å². The summed E-state index contributed by atoms with van der Waals surface area (Å²) in [6.45, 7) is 7.13. The van der Waals surface area contributed by atoms with Crippen LogP contribution in [0, 0.1) is 5.82 Å². The van der Waals surface area contributed by atoms with Gasteiger partial charge in [0.2, 0.25) is 0 Å². The number of fused-ring (bicyclic) bond motifs is 1. The second-order valence-electron chi connectivity index (χ2n) is 7.46. The van der Waals surface area contributed by atoms with E-state index < -0.39 is 32.4 Å². The number of ether oxygens (including phenoxy) is 2. The Morgan fingerprint density at radius 1 is 1.39 bits per heavy atom. The third-order valence-corrected chi connectivity index (χ3v) is 6.37. The Morgan fingerprint density at radius 2 is 2.11 bits per heavy atom. The first kappa shape index (κ1) is 20.5. The first-order chi connectivity index (χ1) is 13.0. The number of aromatic nitrogens is 1. The van der Waals surface area contributed by atoms with Crippen LogP contribution < -0.4 is 9.04 Å². The Bertz CT molecular complexity index is 984. The zero-order valence-electron chi connectivity index (χ0n) is 15.9. The van der Waals surface area contributed by atoms with E-state index in [1.54, 1.807) is 20.8 Å². The number of sulfonamides is 1. The van der Waals surface area contributed by atoms with Crippen LogP contribution in [0.4, 0.5) is 15.0 Å². The highest BCUT2D eigenvalue weighted by atomic mass is 32.2. The zero-order chi connectivity index (χ0) is 20.7. The Balaban J connectivity index is 2.11. The third-order valence-electron chi connectivity index (χ3n) is 4.11. The van der Waals surface area contributed by atoms with Crippen LogP contribution in [0.5, 0.6) is 5.75 Å². The number of carbonyl (C=O) groups is 1. The summed E-state index contributed by atoms with van der Waals surface area (Å²) >= 11 is 1.10. The monoisotopic (exact) mass is 428 g/mol. The summed E-state index contributed by atoms with van der Waals surface area (Å²) < 4.78 is 52.4. The highest BCUT2D eigenvalue weighted by Gasteiger charge is 2.38. The second-order valence-corrected chi connectivity index (χ2v) is 9.93. The van der Waals surface area contributed by atoms with E-state index in [-0.39, 0.29) is 11.7 Å². The molecule has 10 heteroatoms. The van der Waals surface area contributed by atoms with Crippen molar-refractivity contribution >= 4 is 33.3 Å². The van der Waals surface area contributed by atoms with Gasteiger partial charge in [0.15, 0.2) is 5.82 Å². The lowest BCUT2D eigenvalue weighted by Crippen LogP contribution is -2.41. The molecular weight excluding hydrogens is 407 g/mol. The molecule has 1 amide bonds. The molecule has 0 radical (unpaired) electrons. The largest absolute Gasteiger partial charge is 0.493 e. The van der Waals surface area contributed by atoms with E-state index >= 15 is 0 Å². The summed E-state index contributed by atoms with van der Waals surface area (Å²) in [5, 5.41) is 1.37. The second kappa shape index (κ2) is 7.32. The molecule has 1 atom stereocenters. The summed E-state index contributed by atoms with van der Waals surface area (Å²) in [5.41, 5.74) is 1.02. The van der Waals surface area contributed by atoms with E-state index in [1.807, 2.05) is 6.92 Å². The van der Waals surface area contributed by atoms with Crippen molar-refractivity contribution in [1.82, 2.24) is 4.98 Å². The molecule has 1 aromatic carbocycles. The van der Waals surface area contributed by atoms with Gasteiger partial charge in [-0.3, -0.25) is 0 Å². The lowest BCUT2D eigenvalue weighted by molar-refractivity contribution is 0.0608. The number of hydrogen-bond donors (Lipinski definition) is 0. The minimum Gasteiger partial charge on any atom is -0.493 e. The van der Waals surface area contributed by atoms with Gasteiger partial charge in [0.05, 0.1) is 12.1 Å². The predicted octanol–water partition coefficient (Wildman–Crippen LogP) is 4.30. The summed E-state index contributed by atoms with van der Waals surface area (Å²) in [6.07, 6.45) is -0.452. The molecule has 0 N–H and O–H groups in total. The van der Waals surface area contributed by atoms with E-state index in [2.05, 4.69) is 4.98 Å². The lowest BCUT2D eigenvalue weighted by atomic mass is 9.95. The molecule has 0 fully saturated rings. The number of hydrogen-bond acceptors (Lipinski definition) is 7. The molecule has 0 saturated heterocycles. The molecule has 7 nitrogen and oxygen atoms in total. The summed E-state index contributed by atoms with van der Waals surface area (Å²) in [7, 11) is -4.63. The average Bonchev–Trinajstić information content (AvgIpc) is 3.07. The molecule has 1 aliphatic heterocycles. The molecule has 0 aliphatic carbocycles. The lowest BCUT2D eigenvalue weighted by Gasteiger charge is -2.27. The molecule has 1 aromatic heterocycles. The van der Waals surface area contributed by atoms with Gasteiger partial charge in [-0.25, -0.2) is 22.6 Å². The van der Waals surface area contributed by atoms with Crippen molar-refractivity contribution < 1.29 is 27.1 Å². The van der Waals surface area contributed by atoms with Gasteiger partial charge in [-0.05, 0) is 39.2 Å². The van der Waals surface area contributed by atoms with Crippen LogP contribution in [0.25, 0.3) is 0 Å². The zero-order valence-corrected chi connectivity index (χ0v) is 17.6. The molecule has 1 unspecified atom stereocenters. The van der Waals surface area contributed by atoms with Gasteiger partial charge in [0.1, 0.15) is 22.1 Å². The molecule has 1 aliphatic rings. The van der Waals surface area contributed by atoms with Crippen molar-refractivity contribution in [1.29, 1.82) is 0 Å². The Labute approximate surface area is 167 Å². The van der Waals surface area contributed by atoms with Crippen molar-refractivity contribution in [2.75, 3.05) is 10.9 Å². The van der Waals surface area contributed by atoms with Crippen LogP contribution >= 0.6 is 11.3 Å². The number of rotatable bonds is 3. The number of nitrogens with zero attached hydrogens (tertiary/aromatic N) is 2. The number of anilines is 1. The van der Waals surface area contributed by atoms with Crippen molar-refractivity contribution in [3.8, 4) is 5.75 Å². The number of carbonyl (C=O) groups excluding carboxylic acids is 1. The predicted molar refractivity (Wildman–Crippen MR) is 103 cm³/mol. The van der Waals surface area contributed by atoms with Crippen molar-refractivity contribution in [2.24, 2.45) is 0 Å². The van der Waals surface area contributed by atoms with Crippen molar-refractivity contribution in [2.45, 2.75) is 50.5 Å². The van der Waals surface area contributed by atoms with E-state index in [0.717, 1.165) is 23.5 Å². The summed E-state index contributed by atoms with van der Waals surface area (Å²) in [6, 6.07) is 2.28. The normalized spacial score (nSPS) is 16.8. The Hall–Kier alpha value is -2.20. The molecule has 3 rings (SSSR count). The Kier molecular flexibility index (Phi) is 5.37. The molecular formula is C18H21FN2O5S2. The fourth-order valence-electron chi connectivity index (χ4n) is 2.78. The highest BCUT2D eigenvalue weighted by molar-refractivity contribution is 7.93. The first-order valence-corrected chi connectivity index (χ1v) is 11.0. The molecule has 0 bridgehead atoms. The van der Waals surface area contributed by atoms with Crippen molar-refractivity contribution in [3.63, 3.8) is 0 Å². The average molecular weight is 429 g/mol.